The summed E-state index contributed by atoms with van der Waals surface area (Å²) in [6.07, 6.45) is 0.324. The summed E-state index contributed by atoms with van der Waals surface area (Å²) in [6.45, 7) is 5.08. The Morgan fingerprint density at radius 1 is 1.38 bits per heavy atom. The summed E-state index contributed by atoms with van der Waals surface area (Å²) >= 11 is 5.75. The zero-order valence-corrected chi connectivity index (χ0v) is 12.7. The van der Waals surface area contributed by atoms with Crippen LogP contribution in [0, 0.1) is 5.82 Å². The molecule has 1 fully saturated rings. The molecule has 1 unspecified atom stereocenters. The van der Waals surface area contributed by atoms with Gasteiger partial charge in [0.2, 0.25) is 0 Å². The van der Waals surface area contributed by atoms with Crippen molar-refractivity contribution in [2.45, 2.75) is 38.3 Å². The first-order valence-electron chi connectivity index (χ1n) is 6.39. The van der Waals surface area contributed by atoms with Gasteiger partial charge < -0.3 is 15.4 Å². The number of carbonyl (C=O) groups is 2. The molecule has 1 aliphatic rings. The van der Waals surface area contributed by atoms with Crippen LogP contribution in [-0.4, -0.2) is 23.1 Å². The first-order chi connectivity index (χ1) is 9.61. The van der Waals surface area contributed by atoms with E-state index in [0.717, 1.165) is 6.07 Å². The van der Waals surface area contributed by atoms with E-state index in [9.17, 15) is 14.0 Å². The summed E-state index contributed by atoms with van der Waals surface area (Å²) < 4.78 is 18.7. The zero-order valence-electron chi connectivity index (χ0n) is 11.9. The SMILES string of the molecule is CC1(C)CC(C)(NC(=O)Nc2cc(Cl)ccc2F)C(=O)O1. The number of carbonyl (C=O) groups excluding carboxylic acids is 2. The topological polar surface area (TPSA) is 67.4 Å². The lowest BCUT2D eigenvalue weighted by atomic mass is 9.92. The quantitative estimate of drug-likeness (QED) is 0.824. The maximum absolute atomic E-state index is 13.5. The average molecular weight is 315 g/mol. The van der Waals surface area contributed by atoms with E-state index in [1.165, 1.54) is 12.1 Å². The third-order valence-electron chi connectivity index (χ3n) is 3.16. The number of ether oxygens (including phenoxy) is 1. The van der Waals surface area contributed by atoms with Gasteiger partial charge in [-0.2, -0.15) is 0 Å². The Bertz CT molecular complexity index is 606. The fourth-order valence-electron chi connectivity index (χ4n) is 2.42. The molecule has 0 bridgehead atoms. The van der Waals surface area contributed by atoms with Crippen molar-refractivity contribution in [1.29, 1.82) is 0 Å². The molecule has 1 saturated heterocycles. The molecule has 2 rings (SSSR count). The second-order valence-electron chi connectivity index (χ2n) is 5.86. The number of esters is 1. The molecule has 0 spiro atoms. The molecule has 7 heteroatoms. The van der Waals surface area contributed by atoms with Crippen molar-refractivity contribution >= 4 is 29.3 Å². The fourth-order valence-corrected chi connectivity index (χ4v) is 2.59. The molecule has 114 valence electrons. The van der Waals surface area contributed by atoms with Gasteiger partial charge in [0.05, 0.1) is 5.69 Å². The number of halogens is 2. The maximum atomic E-state index is 13.5. The number of benzene rings is 1. The molecular weight excluding hydrogens is 299 g/mol. The highest BCUT2D eigenvalue weighted by atomic mass is 35.5. The van der Waals surface area contributed by atoms with Gasteiger partial charge in [0.1, 0.15) is 17.0 Å². The lowest BCUT2D eigenvalue weighted by molar-refractivity contribution is -0.149. The number of cyclic esters (lactones) is 1. The van der Waals surface area contributed by atoms with Crippen LogP contribution in [0.25, 0.3) is 0 Å². The Morgan fingerprint density at radius 2 is 2.05 bits per heavy atom. The Hall–Kier alpha value is -1.82. The number of hydrogen-bond acceptors (Lipinski definition) is 3. The molecule has 0 saturated carbocycles. The number of urea groups is 1. The Balaban J connectivity index is 2.09. The number of rotatable bonds is 2. The summed E-state index contributed by atoms with van der Waals surface area (Å²) in [5.74, 6) is -1.14. The molecular formula is C14H16ClFN2O3. The summed E-state index contributed by atoms with van der Waals surface area (Å²) in [5.41, 5.74) is -1.86. The van der Waals surface area contributed by atoms with Crippen LogP contribution in [0.3, 0.4) is 0 Å². The molecule has 0 aliphatic carbocycles. The molecule has 2 N–H and O–H groups in total. The molecule has 5 nitrogen and oxygen atoms in total. The second-order valence-corrected chi connectivity index (χ2v) is 6.30. The largest absolute Gasteiger partial charge is 0.458 e. The van der Waals surface area contributed by atoms with E-state index in [2.05, 4.69) is 10.6 Å². The zero-order chi connectivity index (χ0) is 15.8. The van der Waals surface area contributed by atoms with Crippen LogP contribution in [0.2, 0.25) is 5.02 Å². The molecule has 1 atom stereocenters. The normalized spacial score (nSPS) is 23.6. The third-order valence-corrected chi connectivity index (χ3v) is 3.40. The van der Waals surface area contributed by atoms with Gasteiger partial charge in [0, 0.05) is 11.4 Å². The number of anilines is 1. The molecule has 1 heterocycles. The summed E-state index contributed by atoms with van der Waals surface area (Å²) in [4.78, 5) is 23.8. The molecule has 21 heavy (non-hydrogen) atoms. The number of hydrogen-bond donors (Lipinski definition) is 2. The van der Waals surface area contributed by atoms with Crippen molar-refractivity contribution in [3.05, 3.63) is 29.0 Å². The lowest BCUT2D eigenvalue weighted by Crippen LogP contribution is -2.51. The highest BCUT2D eigenvalue weighted by molar-refractivity contribution is 6.30. The van der Waals surface area contributed by atoms with Gasteiger partial charge in [0.15, 0.2) is 0 Å². The van der Waals surface area contributed by atoms with Gasteiger partial charge in [0.25, 0.3) is 0 Å². The van der Waals surface area contributed by atoms with Crippen molar-refractivity contribution < 1.29 is 18.7 Å². The van der Waals surface area contributed by atoms with E-state index in [4.69, 9.17) is 16.3 Å². The van der Waals surface area contributed by atoms with Crippen molar-refractivity contribution in [2.24, 2.45) is 0 Å². The Morgan fingerprint density at radius 3 is 2.62 bits per heavy atom. The monoisotopic (exact) mass is 314 g/mol. The van der Waals surface area contributed by atoms with Crippen LogP contribution >= 0.6 is 11.6 Å². The van der Waals surface area contributed by atoms with Crippen LogP contribution in [0.5, 0.6) is 0 Å². The van der Waals surface area contributed by atoms with Crippen molar-refractivity contribution in [3.63, 3.8) is 0 Å². The minimum Gasteiger partial charge on any atom is -0.458 e. The summed E-state index contributed by atoms with van der Waals surface area (Å²) in [5, 5.41) is 5.15. The summed E-state index contributed by atoms with van der Waals surface area (Å²) in [6, 6.07) is 3.11. The van der Waals surface area contributed by atoms with Crippen molar-refractivity contribution in [3.8, 4) is 0 Å². The minimum absolute atomic E-state index is 0.0609. The molecule has 1 aromatic carbocycles. The highest BCUT2D eigenvalue weighted by Crippen LogP contribution is 2.33. The summed E-state index contributed by atoms with van der Waals surface area (Å²) in [7, 11) is 0. The van der Waals surface area contributed by atoms with E-state index in [1.807, 2.05) is 0 Å². The molecule has 2 amide bonds. The predicted octanol–water partition coefficient (Wildman–Crippen LogP) is 3.08. The minimum atomic E-state index is -1.15. The second kappa shape index (κ2) is 5.18. The number of amides is 2. The smallest absolute Gasteiger partial charge is 0.332 e. The van der Waals surface area contributed by atoms with E-state index in [1.54, 1.807) is 20.8 Å². The molecule has 1 aliphatic heterocycles. The standard InChI is InChI=1S/C14H16ClFN2O3/c1-13(2)7-14(3,11(19)21-13)18-12(20)17-10-6-8(15)4-5-9(10)16/h4-6H,7H2,1-3H3,(H2,17,18,20). The first kappa shape index (κ1) is 15.6. The van der Waals surface area contributed by atoms with Gasteiger partial charge >= 0.3 is 12.0 Å². The van der Waals surface area contributed by atoms with E-state index in [-0.39, 0.29) is 5.69 Å². The van der Waals surface area contributed by atoms with Gasteiger partial charge in [-0.25, -0.2) is 14.0 Å². The lowest BCUT2D eigenvalue weighted by Gasteiger charge is -2.22. The molecule has 0 aromatic heterocycles. The van der Waals surface area contributed by atoms with Gasteiger partial charge in [-0.05, 0) is 39.0 Å². The fraction of sp³-hybridized carbons (Fsp3) is 0.429. The van der Waals surface area contributed by atoms with Crippen molar-refractivity contribution in [1.82, 2.24) is 5.32 Å². The van der Waals surface area contributed by atoms with Gasteiger partial charge in [-0.15, -0.1) is 0 Å². The van der Waals surface area contributed by atoms with Crippen LogP contribution in [0.4, 0.5) is 14.9 Å². The van der Waals surface area contributed by atoms with E-state index in [0.29, 0.717) is 11.4 Å². The molecule has 0 radical (unpaired) electrons. The predicted molar refractivity (Wildman–Crippen MR) is 76.8 cm³/mol. The Kier molecular flexibility index (Phi) is 3.84. The van der Waals surface area contributed by atoms with Gasteiger partial charge in [-0.3, -0.25) is 0 Å². The maximum Gasteiger partial charge on any atom is 0.332 e. The van der Waals surface area contributed by atoms with Crippen LogP contribution in [0.1, 0.15) is 27.2 Å². The Labute approximate surface area is 126 Å². The van der Waals surface area contributed by atoms with Crippen LogP contribution < -0.4 is 10.6 Å². The highest BCUT2D eigenvalue weighted by Gasteiger charge is 2.50. The third kappa shape index (κ3) is 3.44. The van der Waals surface area contributed by atoms with Crippen LogP contribution in [0.15, 0.2) is 18.2 Å². The number of nitrogens with one attached hydrogen (secondary N) is 2. The van der Waals surface area contributed by atoms with E-state index < -0.39 is 29.0 Å². The first-order valence-corrected chi connectivity index (χ1v) is 6.77. The van der Waals surface area contributed by atoms with E-state index >= 15 is 0 Å². The molecule has 1 aromatic rings. The average Bonchev–Trinajstić information content (AvgIpc) is 2.52. The van der Waals surface area contributed by atoms with Gasteiger partial charge in [-0.1, -0.05) is 11.6 Å². The van der Waals surface area contributed by atoms with Crippen LogP contribution in [-0.2, 0) is 9.53 Å². The van der Waals surface area contributed by atoms with Crippen molar-refractivity contribution in [2.75, 3.05) is 5.32 Å².